The highest BCUT2D eigenvalue weighted by Crippen LogP contribution is 2.39. The van der Waals surface area contributed by atoms with Gasteiger partial charge in [-0.1, -0.05) is 18.2 Å². The summed E-state index contributed by atoms with van der Waals surface area (Å²) in [5, 5.41) is 24.1. The summed E-state index contributed by atoms with van der Waals surface area (Å²) < 4.78 is 0. The normalized spacial score (nSPS) is 18.5. The van der Waals surface area contributed by atoms with E-state index in [1.807, 2.05) is 36.4 Å². The number of hydrogen-bond acceptors (Lipinski definition) is 7. The van der Waals surface area contributed by atoms with Crippen LogP contribution >= 0.6 is 0 Å². The third kappa shape index (κ3) is 4.58. The SMILES string of the molecule is N#Cc1ccccc1N1CCN2c3ccc([N+](=O)[O-])cc3C[C@@H](C(=O)NCCc3ccccn3)[C@@H]2C1. The summed E-state index contributed by atoms with van der Waals surface area (Å²) in [5.74, 6) is -0.464. The molecule has 5 rings (SSSR count). The molecule has 0 aliphatic carbocycles. The fraction of sp³-hybridized carbons (Fsp3) is 0.296. The summed E-state index contributed by atoms with van der Waals surface area (Å²) >= 11 is 0. The van der Waals surface area contributed by atoms with Crippen molar-refractivity contribution in [3.8, 4) is 6.07 Å². The third-order valence-corrected chi connectivity index (χ3v) is 7.01. The first-order valence-electron chi connectivity index (χ1n) is 12.0. The maximum absolute atomic E-state index is 13.5. The van der Waals surface area contributed by atoms with Crippen molar-refractivity contribution in [2.75, 3.05) is 36.0 Å². The Morgan fingerprint density at radius 3 is 2.75 bits per heavy atom. The lowest BCUT2D eigenvalue weighted by Gasteiger charge is -2.49. The maximum Gasteiger partial charge on any atom is 0.269 e. The summed E-state index contributed by atoms with van der Waals surface area (Å²) in [6.45, 7) is 2.36. The van der Waals surface area contributed by atoms with Gasteiger partial charge in [-0.05, 0) is 42.3 Å². The molecule has 1 N–H and O–H groups in total. The number of nitrogens with zero attached hydrogens (tertiary/aromatic N) is 5. The Bertz CT molecular complexity index is 1320. The Morgan fingerprint density at radius 2 is 1.97 bits per heavy atom. The first-order valence-corrected chi connectivity index (χ1v) is 12.0. The number of carbonyl (C=O) groups excluding carboxylic acids is 1. The van der Waals surface area contributed by atoms with Crippen LogP contribution in [0.15, 0.2) is 66.9 Å². The van der Waals surface area contributed by atoms with Crippen molar-refractivity contribution in [2.24, 2.45) is 5.92 Å². The maximum atomic E-state index is 13.5. The summed E-state index contributed by atoms with van der Waals surface area (Å²) in [4.78, 5) is 33.2. The molecule has 1 aromatic heterocycles. The quantitative estimate of drug-likeness (QED) is 0.424. The first kappa shape index (κ1) is 23.3. The summed E-state index contributed by atoms with van der Waals surface area (Å²) in [6, 6.07) is 20.3. The van der Waals surface area contributed by atoms with Crippen LogP contribution in [0, 0.1) is 27.4 Å². The van der Waals surface area contributed by atoms with Gasteiger partial charge in [0.15, 0.2) is 0 Å². The number of nitriles is 1. The Morgan fingerprint density at radius 1 is 1.14 bits per heavy atom. The van der Waals surface area contributed by atoms with Crippen molar-refractivity contribution in [1.29, 1.82) is 5.26 Å². The molecule has 0 radical (unpaired) electrons. The largest absolute Gasteiger partial charge is 0.367 e. The number of para-hydroxylation sites is 1. The molecule has 0 bridgehead atoms. The van der Waals surface area contributed by atoms with Gasteiger partial charge in [0, 0.05) is 62.3 Å². The smallest absolute Gasteiger partial charge is 0.269 e. The molecule has 2 aliphatic rings. The van der Waals surface area contributed by atoms with Crippen LogP contribution in [0.25, 0.3) is 0 Å². The van der Waals surface area contributed by atoms with E-state index in [9.17, 15) is 20.2 Å². The van der Waals surface area contributed by atoms with E-state index in [1.165, 1.54) is 6.07 Å². The minimum atomic E-state index is -0.398. The molecule has 1 saturated heterocycles. The average molecular weight is 483 g/mol. The fourth-order valence-corrected chi connectivity index (χ4v) is 5.28. The Balaban J connectivity index is 1.41. The number of rotatable bonds is 6. The number of benzene rings is 2. The second-order valence-corrected chi connectivity index (χ2v) is 9.08. The molecule has 2 atom stereocenters. The highest BCUT2D eigenvalue weighted by Gasteiger charge is 2.42. The third-order valence-electron chi connectivity index (χ3n) is 7.01. The van der Waals surface area contributed by atoms with Crippen molar-refractivity contribution in [1.82, 2.24) is 10.3 Å². The minimum absolute atomic E-state index is 0.0306. The molecule has 2 aromatic carbocycles. The zero-order valence-corrected chi connectivity index (χ0v) is 19.7. The van der Waals surface area contributed by atoms with Crippen LogP contribution in [0.5, 0.6) is 0 Å². The number of nitro groups is 1. The van der Waals surface area contributed by atoms with Crippen molar-refractivity contribution in [2.45, 2.75) is 18.9 Å². The Labute approximate surface area is 209 Å². The predicted molar refractivity (Wildman–Crippen MR) is 136 cm³/mol. The predicted octanol–water partition coefficient (Wildman–Crippen LogP) is 3.09. The molecule has 3 aromatic rings. The minimum Gasteiger partial charge on any atom is -0.367 e. The average Bonchev–Trinajstić information content (AvgIpc) is 2.92. The van der Waals surface area contributed by atoms with Crippen molar-refractivity contribution in [3.63, 3.8) is 0 Å². The zero-order chi connectivity index (χ0) is 25.1. The van der Waals surface area contributed by atoms with E-state index in [2.05, 4.69) is 26.2 Å². The Kier molecular flexibility index (Phi) is 6.50. The lowest BCUT2D eigenvalue weighted by Crippen LogP contribution is -2.61. The molecule has 0 spiro atoms. The van der Waals surface area contributed by atoms with Crippen molar-refractivity contribution >= 4 is 23.0 Å². The van der Waals surface area contributed by atoms with Gasteiger partial charge >= 0.3 is 0 Å². The summed E-state index contributed by atoms with van der Waals surface area (Å²) in [7, 11) is 0. The number of non-ortho nitro benzene ring substituents is 1. The lowest BCUT2D eigenvalue weighted by atomic mass is 9.83. The first-order chi connectivity index (χ1) is 17.5. The molecule has 36 heavy (non-hydrogen) atoms. The van der Waals surface area contributed by atoms with Gasteiger partial charge in [-0.3, -0.25) is 19.9 Å². The van der Waals surface area contributed by atoms with Crippen LogP contribution in [-0.2, 0) is 17.6 Å². The number of nitrogens with one attached hydrogen (secondary N) is 1. The zero-order valence-electron chi connectivity index (χ0n) is 19.7. The highest BCUT2D eigenvalue weighted by molar-refractivity contribution is 5.82. The number of nitro benzene ring substituents is 1. The van der Waals surface area contributed by atoms with Gasteiger partial charge in [0.1, 0.15) is 6.07 Å². The van der Waals surface area contributed by atoms with Gasteiger partial charge in [0.05, 0.1) is 28.1 Å². The second-order valence-electron chi connectivity index (χ2n) is 9.08. The van der Waals surface area contributed by atoms with E-state index >= 15 is 0 Å². The van der Waals surface area contributed by atoms with E-state index in [4.69, 9.17) is 0 Å². The van der Waals surface area contributed by atoms with Gasteiger partial charge in [0.2, 0.25) is 5.91 Å². The van der Waals surface area contributed by atoms with E-state index in [0.717, 1.165) is 22.6 Å². The van der Waals surface area contributed by atoms with E-state index < -0.39 is 4.92 Å². The second kappa shape index (κ2) is 10.0. The monoisotopic (exact) mass is 482 g/mol. The van der Waals surface area contributed by atoms with Gasteiger partial charge in [-0.15, -0.1) is 0 Å². The van der Waals surface area contributed by atoms with Crippen LogP contribution < -0.4 is 15.1 Å². The molecule has 1 fully saturated rings. The molecule has 0 unspecified atom stereocenters. The topological polar surface area (TPSA) is 115 Å². The molecule has 2 aliphatic heterocycles. The Hall–Kier alpha value is -4.45. The summed E-state index contributed by atoms with van der Waals surface area (Å²) in [5.41, 5.74) is 4.16. The highest BCUT2D eigenvalue weighted by atomic mass is 16.6. The van der Waals surface area contributed by atoms with Crippen LogP contribution in [0.4, 0.5) is 17.1 Å². The number of carbonyl (C=O) groups is 1. The van der Waals surface area contributed by atoms with Gasteiger partial charge < -0.3 is 15.1 Å². The number of pyridine rings is 1. The number of aromatic nitrogens is 1. The molecule has 9 nitrogen and oxygen atoms in total. The molecule has 0 saturated carbocycles. The van der Waals surface area contributed by atoms with E-state index in [-0.39, 0.29) is 23.6 Å². The standard InChI is InChI=1S/C27H26N6O3/c28-17-19-5-1-2-7-24(19)31-13-14-32-25-9-8-22(33(35)36)15-20(25)16-23(26(32)18-31)27(34)30-12-10-21-6-3-4-11-29-21/h1-9,11,15,23,26H,10,12-14,16,18H2,(H,30,34)/t23-,26+/m1/s1. The number of hydrogen-bond donors (Lipinski definition) is 1. The molecular weight excluding hydrogens is 456 g/mol. The van der Waals surface area contributed by atoms with Crippen molar-refractivity contribution < 1.29 is 9.72 Å². The van der Waals surface area contributed by atoms with Crippen LogP contribution in [0.2, 0.25) is 0 Å². The molecule has 9 heteroatoms. The van der Waals surface area contributed by atoms with Crippen LogP contribution in [0.1, 0.15) is 16.8 Å². The summed E-state index contributed by atoms with van der Waals surface area (Å²) in [6.07, 6.45) is 2.77. The molecular formula is C27H26N6O3. The molecule has 3 heterocycles. The van der Waals surface area contributed by atoms with Crippen LogP contribution in [0.3, 0.4) is 0 Å². The fourth-order valence-electron chi connectivity index (χ4n) is 5.28. The van der Waals surface area contributed by atoms with E-state index in [1.54, 1.807) is 24.4 Å². The molecule has 182 valence electrons. The van der Waals surface area contributed by atoms with Gasteiger partial charge in [-0.25, -0.2) is 0 Å². The van der Waals surface area contributed by atoms with Gasteiger partial charge in [-0.2, -0.15) is 5.26 Å². The van der Waals surface area contributed by atoms with Gasteiger partial charge in [0.25, 0.3) is 5.69 Å². The number of piperazine rings is 1. The van der Waals surface area contributed by atoms with Crippen LogP contribution in [-0.4, -0.2) is 48.0 Å². The lowest BCUT2D eigenvalue weighted by molar-refractivity contribution is -0.384. The molecule has 1 amide bonds. The number of anilines is 2. The number of amides is 1. The number of fused-ring (bicyclic) bond motifs is 3. The van der Waals surface area contributed by atoms with E-state index in [0.29, 0.717) is 44.6 Å². The van der Waals surface area contributed by atoms with Crippen molar-refractivity contribution in [3.05, 3.63) is 93.8 Å².